The van der Waals surface area contributed by atoms with Crippen molar-refractivity contribution in [2.45, 2.75) is 26.4 Å². The summed E-state index contributed by atoms with van der Waals surface area (Å²) in [5.74, 6) is -3.50. The summed E-state index contributed by atoms with van der Waals surface area (Å²) in [6.45, 7) is 3.23. The zero-order valence-electron chi connectivity index (χ0n) is 18.7. The van der Waals surface area contributed by atoms with Crippen molar-refractivity contribution in [3.05, 3.63) is 64.1 Å². The Labute approximate surface area is 201 Å². The molecule has 0 atom stereocenters. The Hall–Kier alpha value is -3.21. The van der Waals surface area contributed by atoms with E-state index < -0.39 is 53.1 Å². The topological polar surface area (TPSA) is 57.9 Å². The summed E-state index contributed by atoms with van der Waals surface area (Å²) in [5, 5.41) is -0.295. The lowest BCUT2D eigenvalue weighted by Crippen LogP contribution is -2.52. The maximum atomic E-state index is 13.7. The van der Waals surface area contributed by atoms with Crippen molar-refractivity contribution in [1.29, 1.82) is 0 Å². The molecule has 186 valence electrons. The van der Waals surface area contributed by atoms with Gasteiger partial charge in [0.2, 0.25) is 5.91 Å². The maximum absolute atomic E-state index is 13.7. The number of aromatic nitrogens is 2. The molecule has 1 fully saturated rings. The smallest absolute Gasteiger partial charge is 0.326 e. The van der Waals surface area contributed by atoms with E-state index >= 15 is 0 Å². The standard InChI is InChI=1S/C23H20ClF5N4O2/c1-12(2)7-13-8-15(23(27,28)29)21-30-19(20(24)33(21)10-13)22(35)31-5-6-32(18(34)11-31)14-3-4-16(25)17(26)9-14/h3-4,8-10,12H,5-7,11H2,1-2H3. The van der Waals surface area contributed by atoms with Crippen LogP contribution in [-0.4, -0.2) is 45.7 Å². The molecule has 3 aromatic rings. The number of imidazole rings is 1. The van der Waals surface area contributed by atoms with Gasteiger partial charge in [-0.25, -0.2) is 13.8 Å². The van der Waals surface area contributed by atoms with Crippen molar-refractivity contribution >= 4 is 34.7 Å². The first-order valence-corrected chi connectivity index (χ1v) is 11.1. The first-order chi connectivity index (χ1) is 16.4. The van der Waals surface area contributed by atoms with E-state index in [9.17, 15) is 31.5 Å². The van der Waals surface area contributed by atoms with Crippen LogP contribution < -0.4 is 4.90 Å². The molecule has 1 aliphatic heterocycles. The third-order valence-electron chi connectivity index (χ3n) is 5.59. The molecule has 0 radical (unpaired) electrons. The molecular weight excluding hydrogens is 495 g/mol. The number of nitrogens with zero attached hydrogens (tertiary/aromatic N) is 4. The second kappa shape index (κ2) is 9.10. The Kier molecular flexibility index (Phi) is 6.48. The molecule has 3 heterocycles. The lowest BCUT2D eigenvalue weighted by molar-refractivity contribution is -0.136. The summed E-state index contributed by atoms with van der Waals surface area (Å²) in [7, 11) is 0. The highest BCUT2D eigenvalue weighted by Gasteiger charge is 2.37. The third-order valence-corrected chi connectivity index (χ3v) is 5.95. The highest BCUT2D eigenvalue weighted by Crippen LogP contribution is 2.35. The Bertz CT molecular complexity index is 1320. The summed E-state index contributed by atoms with van der Waals surface area (Å²) in [4.78, 5) is 31.9. The van der Waals surface area contributed by atoms with Crippen LogP contribution in [0.1, 0.15) is 35.5 Å². The average molecular weight is 515 g/mol. The number of amides is 2. The predicted octanol–water partition coefficient (Wildman–Crippen LogP) is 4.97. The van der Waals surface area contributed by atoms with Gasteiger partial charge in [-0.1, -0.05) is 25.4 Å². The number of rotatable bonds is 4. The van der Waals surface area contributed by atoms with E-state index in [4.69, 9.17) is 11.6 Å². The Morgan fingerprint density at radius 1 is 1.14 bits per heavy atom. The van der Waals surface area contributed by atoms with Crippen LogP contribution in [0.25, 0.3) is 5.65 Å². The zero-order valence-corrected chi connectivity index (χ0v) is 19.4. The van der Waals surface area contributed by atoms with Gasteiger partial charge in [0.15, 0.2) is 23.0 Å². The minimum absolute atomic E-state index is 0.0154. The fourth-order valence-electron chi connectivity index (χ4n) is 4.02. The molecule has 1 aromatic carbocycles. The van der Waals surface area contributed by atoms with Gasteiger partial charge in [-0.2, -0.15) is 13.2 Å². The van der Waals surface area contributed by atoms with Gasteiger partial charge in [0.1, 0.15) is 11.7 Å². The molecular formula is C23H20ClF5N4O2. The van der Waals surface area contributed by atoms with Gasteiger partial charge in [0.25, 0.3) is 5.91 Å². The summed E-state index contributed by atoms with van der Waals surface area (Å²) in [5.41, 5.74) is -1.43. The SMILES string of the molecule is CC(C)Cc1cc(C(F)(F)F)c2nc(C(=O)N3CCN(c4ccc(F)c(F)c4)C(=O)C3)c(Cl)n2c1. The van der Waals surface area contributed by atoms with Crippen molar-refractivity contribution in [1.82, 2.24) is 14.3 Å². The summed E-state index contributed by atoms with van der Waals surface area (Å²) < 4.78 is 69.1. The fraction of sp³-hybridized carbons (Fsp3) is 0.348. The van der Waals surface area contributed by atoms with Crippen molar-refractivity contribution in [3.63, 3.8) is 0 Å². The van der Waals surface area contributed by atoms with E-state index in [1.807, 2.05) is 13.8 Å². The minimum atomic E-state index is -4.73. The normalized spacial score (nSPS) is 14.9. The number of pyridine rings is 1. The zero-order chi connectivity index (χ0) is 25.7. The molecule has 1 aliphatic rings. The lowest BCUT2D eigenvalue weighted by atomic mass is 10.0. The van der Waals surface area contributed by atoms with Crippen molar-refractivity contribution in [3.8, 4) is 0 Å². The van der Waals surface area contributed by atoms with Gasteiger partial charge in [0, 0.05) is 31.0 Å². The molecule has 0 bridgehead atoms. The Morgan fingerprint density at radius 2 is 1.86 bits per heavy atom. The van der Waals surface area contributed by atoms with E-state index in [1.54, 1.807) is 0 Å². The fourth-order valence-corrected chi connectivity index (χ4v) is 4.28. The maximum Gasteiger partial charge on any atom is 0.419 e. The van der Waals surface area contributed by atoms with Gasteiger partial charge in [-0.3, -0.25) is 14.0 Å². The molecule has 2 amide bonds. The molecule has 0 unspecified atom stereocenters. The molecule has 1 saturated heterocycles. The lowest BCUT2D eigenvalue weighted by Gasteiger charge is -2.34. The molecule has 0 aliphatic carbocycles. The second-order valence-corrected chi connectivity index (χ2v) is 9.03. The monoisotopic (exact) mass is 514 g/mol. The summed E-state index contributed by atoms with van der Waals surface area (Å²) >= 11 is 6.31. The predicted molar refractivity (Wildman–Crippen MR) is 118 cm³/mol. The number of carbonyl (C=O) groups is 2. The quantitative estimate of drug-likeness (QED) is 0.462. The average Bonchev–Trinajstić information content (AvgIpc) is 3.10. The van der Waals surface area contributed by atoms with E-state index in [1.165, 1.54) is 17.2 Å². The molecule has 6 nitrogen and oxygen atoms in total. The Balaban J connectivity index is 1.64. The number of hydrogen-bond acceptors (Lipinski definition) is 3. The molecule has 0 N–H and O–H groups in total. The number of carbonyl (C=O) groups excluding carboxylic acids is 2. The van der Waals surface area contributed by atoms with Crippen molar-refractivity contribution < 1.29 is 31.5 Å². The van der Waals surface area contributed by atoms with Crippen LogP contribution >= 0.6 is 11.6 Å². The van der Waals surface area contributed by atoms with Crippen LogP contribution in [0.4, 0.5) is 27.6 Å². The van der Waals surface area contributed by atoms with Gasteiger partial charge in [-0.15, -0.1) is 0 Å². The first-order valence-electron chi connectivity index (χ1n) is 10.7. The third kappa shape index (κ3) is 4.82. The number of alkyl halides is 3. The molecule has 35 heavy (non-hydrogen) atoms. The highest BCUT2D eigenvalue weighted by atomic mass is 35.5. The van der Waals surface area contributed by atoms with Gasteiger partial charge >= 0.3 is 6.18 Å². The van der Waals surface area contributed by atoms with E-state index in [0.717, 1.165) is 27.5 Å². The number of hydrogen-bond donors (Lipinski definition) is 0. The van der Waals surface area contributed by atoms with Gasteiger partial charge in [-0.05, 0) is 36.1 Å². The second-order valence-electron chi connectivity index (χ2n) is 8.67. The van der Waals surface area contributed by atoms with Gasteiger partial charge in [0.05, 0.1) is 5.56 Å². The molecule has 0 saturated carbocycles. The van der Waals surface area contributed by atoms with Crippen molar-refractivity contribution in [2.75, 3.05) is 24.5 Å². The highest BCUT2D eigenvalue weighted by molar-refractivity contribution is 6.33. The summed E-state index contributed by atoms with van der Waals surface area (Å²) in [6.07, 6.45) is -2.95. The van der Waals surface area contributed by atoms with Crippen LogP contribution in [-0.2, 0) is 17.4 Å². The van der Waals surface area contributed by atoms with E-state index in [2.05, 4.69) is 4.98 Å². The van der Waals surface area contributed by atoms with Crippen LogP contribution in [0.15, 0.2) is 30.5 Å². The summed E-state index contributed by atoms with van der Waals surface area (Å²) in [6, 6.07) is 3.99. The van der Waals surface area contributed by atoms with Crippen LogP contribution in [0.2, 0.25) is 5.15 Å². The largest absolute Gasteiger partial charge is 0.419 e. The number of halogens is 6. The molecule has 2 aromatic heterocycles. The van der Waals surface area contributed by atoms with E-state index in [0.29, 0.717) is 12.0 Å². The number of piperazine rings is 1. The van der Waals surface area contributed by atoms with Crippen molar-refractivity contribution in [2.24, 2.45) is 5.92 Å². The molecule has 0 spiro atoms. The molecule has 4 rings (SSSR count). The molecule has 12 heteroatoms. The number of anilines is 1. The van der Waals surface area contributed by atoms with Gasteiger partial charge < -0.3 is 9.80 Å². The van der Waals surface area contributed by atoms with Crippen LogP contribution in [0, 0.1) is 17.6 Å². The van der Waals surface area contributed by atoms with Crippen LogP contribution in [0.3, 0.4) is 0 Å². The number of benzene rings is 1. The minimum Gasteiger partial charge on any atom is -0.326 e. The number of fused-ring (bicyclic) bond motifs is 1. The first kappa shape index (κ1) is 24.9. The Morgan fingerprint density at radius 3 is 2.46 bits per heavy atom. The van der Waals surface area contributed by atoms with Crippen LogP contribution in [0.5, 0.6) is 0 Å². The van der Waals surface area contributed by atoms with E-state index in [-0.39, 0.29) is 29.8 Å².